The van der Waals surface area contributed by atoms with Crippen LogP contribution < -0.4 is 5.32 Å². The molecule has 0 unspecified atom stereocenters. The van der Waals surface area contributed by atoms with E-state index in [9.17, 15) is 0 Å². The van der Waals surface area contributed by atoms with Crippen molar-refractivity contribution in [3.8, 4) is 17.2 Å². The van der Waals surface area contributed by atoms with Crippen LogP contribution >= 0.6 is 11.6 Å². The zero-order valence-electron chi connectivity index (χ0n) is 11.3. The summed E-state index contributed by atoms with van der Waals surface area (Å²) >= 11 is 6.16. The molecule has 1 N–H and O–H groups in total. The molecule has 0 spiro atoms. The van der Waals surface area contributed by atoms with Crippen LogP contribution in [0.1, 0.15) is 11.1 Å². The molecule has 100 valence electrons. The van der Waals surface area contributed by atoms with Gasteiger partial charge in [0.05, 0.1) is 23.7 Å². The van der Waals surface area contributed by atoms with Gasteiger partial charge in [0.25, 0.3) is 0 Å². The van der Waals surface area contributed by atoms with Crippen LogP contribution in [0.2, 0.25) is 5.02 Å². The molecular weight excluding hydrogens is 270 g/mol. The maximum absolute atomic E-state index is 8.84. The first-order chi connectivity index (χ1) is 9.65. The number of rotatable bonds is 3. The Balaban J connectivity index is 2.53. The smallest absolute Gasteiger partial charge is 0.0991 e. The predicted octanol–water partition coefficient (Wildman–Crippen LogP) is 4.07. The Morgan fingerprint density at radius 3 is 2.55 bits per heavy atom. The SMILES string of the molecule is CNC=Nc1cc(Cl)cc(-c2ccc(C#N)cc2)c1C. The first kappa shape index (κ1) is 14.1. The van der Waals surface area contributed by atoms with Gasteiger partial charge < -0.3 is 5.32 Å². The molecule has 0 saturated carbocycles. The predicted molar refractivity (Wildman–Crippen MR) is 83.6 cm³/mol. The van der Waals surface area contributed by atoms with Gasteiger partial charge in [-0.3, -0.25) is 0 Å². The van der Waals surface area contributed by atoms with E-state index in [1.807, 2.05) is 31.2 Å². The van der Waals surface area contributed by atoms with Gasteiger partial charge in [0.15, 0.2) is 0 Å². The van der Waals surface area contributed by atoms with Crippen LogP contribution in [0.25, 0.3) is 11.1 Å². The number of hydrogen-bond donors (Lipinski definition) is 1. The Hall–Kier alpha value is -2.31. The average Bonchev–Trinajstić information content (AvgIpc) is 2.48. The molecule has 4 heteroatoms. The molecule has 0 radical (unpaired) electrons. The van der Waals surface area contributed by atoms with Crippen molar-refractivity contribution in [3.05, 3.63) is 52.5 Å². The molecule has 0 heterocycles. The Bertz CT molecular complexity index is 682. The van der Waals surface area contributed by atoms with Crippen molar-refractivity contribution in [1.82, 2.24) is 5.32 Å². The molecule has 0 aliphatic rings. The standard InChI is InChI=1S/C16H14ClN3/c1-11-15(13-5-3-12(9-18)4-6-13)7-14(17)8-16(11)20-10-19-2/h3-8,10H,1-2H3,(H,19,20). The zero-order valence-corrected chi connectivity index (χ0v) is 12.1. The van der Waals surface area contributed by atoms with Gasteiger partial charge in [0.1, 0.15) is 0 Å². The molecule has 0 aliphatic carbocycles. The maximum Gasteiger partial charge on any atom is 0.0991 e. The van der Waals surface area contributed by atoms with Crippen molar-refractivity contribution in [3.63, 3.8) is 0 Å². The average molecular weight is 284 g/mol. The summed E-state index contributed by atoms with van der Waals surface area (Å²) in [7, 11) is 1.80. The maximum atomic E-state index is 8.84. The molecule has 2 aromatic carbocycles. The van der Waals surface area contributed by atoms with Crippen LogP contribution in [0.3, 0.4) is 0 Å². The monoisotopic (exact) mass is 283 g/mol. The third-order valence-electron chi connectivity index (χ3n) is 3.00. The second kappa shape index (κ2) is 6.23. The summed E-state index contributed by atoms with van der Waals surface area (Å²) in [5, 5.41) is 12.3. The molecule has 0 fully saturated rings. The summed E-state index contributed by atoms with van der Waals surface area (Å²) < 4.78 is 0. The van der Waals surface area contributed by atoms with Gasteiger partial charge in [-0.05, 0) is 47.9 Å². The molecule has 2 aromatic rings. The molecule has 0 bridgehead atoms. The van der Waals surface area contributed by atoms with Gasteiger partial charge in [-0.1, -0.05) is 23.7 Å². The fraction of sp³-hybridized carbons (Fsp3) is 0.125. The fourth-order valence-electron chi connectivity index (χ4n) is 1.96. The summed E-state index contributed by atoms with van der Waals surface area (Å²) in [6.07, 6.45) is 1.63. The third-order valence-corrected chi connectivity index (χ3v) is 3.22. The molecule has 3 nitrogen and oxygen atoms in total. The largest absolute Gasteiger partial charge is 0.379 e. The molecule has 0 amide bonds. The Morgan fingerprint density at radius 2 is 1.95 bits per heavy atom. The van der Waals surface area contributed by atoms with E-state index in [0.717, 1.165) is 22.4 Å². The van der Waals surface area contributed by atoms with E-state index < -0.39 is 0 Å². The minimum absolute atomic E-state index is 0.637. The lowest BCUT2D eigenvalue weighted by Crippen LogP contribution is -2.00. The summed E-state index contributed by atoms with van der Waals surface area (Å²) in [5.41, 5.74) is 4.55. The molecule has 20 heavy (non-hydrogen) atoms. The lowest BCUT2D eigenvalue weighted by Gasteiger charge is -2.10. The quantitative estimate of drug-likeness (QED) is 0.682. The lowest BCUT2D eigenvalue weighted by molar-refractivity contribution is 1.20. The first-order valence-electron chi connectivity index (χ1n) is 6.16. The molecule has 0 aliphatic heterocycles. The number of nitrogens with one attached hydrogen (secondary N) is 1. The highest BCUT2D eigenvalue weighted by molar-refractivity contribution is 6.31. The van der Waals surface area contributed by atoms with E-state index in [1.54, 1.807) is 25.5 Å². The number of aliphatic imine (C=N–C) groups is 1. The normalized spacial score (nSPS) is 10.5. The van der Waals surface area contributed by atoms with Gasteiger partial charge in [-0.25, -0.2) is 4.99 Å². The topological polar surface area (TPSA) is 48.2 Å². The van der Waals surface area contributed by atoms with Crippen molar-refractivity contribution < 1.29 is 0 Å². The highest BCUT2D eigenvalue weighted by Gasteiger charge is 2.08. The van der Waals surface area contributed by atoms with E-state index in [1.165, 1.54) is 0 Å². The van der Waals surface area contributed by atoms with Gasteiger partial charge in [0, 0.05) is 12.1 Å². The minimum atomic E-state index is 0.637. The summed E-state index contributed by atoms with van der Waals surface area (Å²) in [5.74, 6) is 0. The van der Waals surface area contributed by atoms with Crippen molar-refractivity contribution in [1.29, 1.82) is 5.26 Å². The molecule has 0 aromatic heterocycles. The van der Waals surface area contributed by atoms with Crippen LogP contribution in [-0.4, -0.2) is 13.4 Å². The number of nitrogens with zero attached hydrogens (tertiary/aromatic N) is 2. The van der Waals surface area contributed by atoms with Crippen molar-refractivity contribution in [2.75, 3.05) is 7.05 Å². The third kappa shape index (κ3) is 2.98. The van der Waals surface area contributed by atoms with Gasteiger partial charge in [-0.2, -0.15) is 5.26 Å². The zero-order chi connectivity index (χ0) is 14.5. The van der Waals surface area contributed by atoms with Crippen LogP contribution in [0.5, 0.6) is 0 Å². The highest BCUT2D eigenvalue weighted by Crippen LogP contribution is 2.33. The van der Waals surface area contributed by atoms with E-state index >= 15 is 0 Å². The Kier molecular flexibility index (Phi) is 4.39. The summed E-state index contributed by atoms with van der Waals surface area (Å²) in [6.45, 7) is 2.01. The van der Waals surface area contributed by atoms with Crippen molar-refractivity contribution in [2.24, 2.45) is 4.99 Å². The van der Waals surface area contributed by atoms with E-state index in [0.29, 0.717) is 10.6 Å². The summed E-state index contributed by atoms with van der Waals surface area (Å²) in [6, 6.07) is 13.3. The van der Waals surface area contributed by atoms with Gasteiger partial charge in [0.2, 0.25) is 0 Å². The second-order valence-corrected chi connectivity index (χ2v) is 4.77. The Morgan fingerprint density at radius 1 is 1.25 bits per heavy atom. The number of halogens is 1. The first-order valence-corrected chi connectivity index (χ1v) is 6.54. The minimum Gasteiger partial charge on any atom is -0.379 e. The lowest BCUT2D eigenvalue weighted by atomic mass is 9.98. The van der Waals surface area contributed by atoms with E-state index in [2.05, 4.69) is 16.4 Å². The highest BCUT2D eigenvalue weighted by atomic mass is 35.5. The van der Waals surface area contributed by atoms with Crippen molar-refractivity contribution in [2.45, 2.75) is 6.92 Å². The number of benzene rings is 2. The van der Waals surface area contributed by atoms with E-state index in [4.69, 9.17) is 16.9 Å². The molecule has 0 saturated heterocycles. The van der Waals surface area contributed by atoms with Gasteiger partial charge in [-0.15, -0.1) is 0 Å². The van der Waals surface area contributed by atoms with Crippen molar-refractivity contribution >= 4 is 23.6 Å². The van der Waals surface area contributed by atoms with Crippen LogP contribution in [0, 0.1) is 18.3 Å². The van der Waals surface area contributed by atoms with Crippen LogP contribution in [0.4, 0.5) is 5.69 Å². The van der Waals surface area contributed by atoms with E-state index in [-0.39, 0.29) is 0 Å². The van der Waals surface area contributed by atoms with Gasteiger partial charge >= 0.3 is 0 Å². The fourth-order valence-corrected chi connectivity index (χ4v) is 2.17. The molecule has 0 atom stereocenters. The van der Waals surface area contributed by atoms with Crippen LogP contribution in [0.15, 0.2) is 41.4 Å². The number of hydrogen-bond acceptors (Lipinski definition) is 2. The summed E-state index contributed by atoms with van der Waals surface area (Å²) in [4.78, 5) is 4.33. The molecular formula is C16H14ClN3. The van der Waals surface area contributed by atoms with Crippen LogP contribution in [-0.2, 0) is 0 Å². The molecule has 2 rings (SSSR count). The number of nitriles is 1. The second-order valence-electron chi connectivity index (χ2n) is 4.33. The Labute approximate surface area is 123 Å².